The molecule has 2 N–H and O–H groups in total. The van der Waals surface area contributed by atoms with E-state index in [-0.39, 0.29) is 29.7 Å². The van der Waals surface area contributed by atoms with Crippen molar-refractivity contribution in [1.29, 1.82) is 0 Å². The van der Waals surface area contributed by atoms with Gasteiger partial charge in [-0.3, -0.25) is 19.7 Å². The highest BCUT2D eigenvalue weighted by atomic mass is 16.2. The SMILES string of the molecule is CC[C@@H](NC(=O)Cc1nc2nc(C)cc(=O)n2[nH]1)c1ncccc1C. The summed E-state index contributed by atoms with van der Waals surface area (Å²) in [6.45, 7) is 5.69. The van der Waals surface area contributed by atoms with E-state index >= 15 is 0 Å². The number of H-pyrrole nitrogens is 1. The second-order valence-electron chi connectivity index (χ2n) is 5.95. The number of amides is 1. The number of rotatable bonds is 5. The first-order valence-corrected chi connectivity index (χ1v) is 8.14. The average Bonchev–Trinajstić information content (AvgIpc) is 2.96. The lowest BCUT2D eigenvalue weighted by Crippen LogP contribution is -2.30. The van der Waals surface area contributed by atoms with Gasteiger partial charge in [0.2, 0.25) is 5.91 Å². The molecule has 3 aromatic rings. The zero-order valence-electron chi connectivity index (χ0n) is 14.4. The predicted octanol–water partition coefficient (Wildman–Crippen LogP) is 1.24. The number of aromatic nitrogens is 5. The number of carbonyl (C=O) groups excluding carboxylic acids is 1. The third-order valence-electron chi connectivity index (χ3n) is 3.96. The van der Waals surface area contributed by atoms with Crippen LogP contribution >= 0.6 is 0 Å². The number of aryl methyl sites for hydroxylation is 2. The van der Waals surface area contributed by atoms with Crippen LogP contribution in [0, 0.1) is 13.8 Å². The van der Waals surface area contributed by atoms with Crippen molar-refractivity contribution in [2.24, 2.45) is 0 Å². The van der Waals surface area contributed by atoms with Crippen molar-refractivity contribution in [3.63, 3.8) is 0 Å². The molecule has 8 nitrogen and oxygen atoms in total. The minimum atomic E-state index is -0.253. The van der Waals surface area contributed by atoms with Crippen LogP contribution in [0.3, 0.4) is 0 Å². The lowest BCUT2D eigenvalue weighted by molar-refractivity contribution is -0.121. The van der Waals surface area contributed by atoms with Gasteiger partial charge < -0.3 is 5.32 Å². The number of pyridine rings is 1. The van der Waals surface area contributed by atoms with E-state index in [1.807, 2.05) is 26.0 Å². The summed E-state index contributed by atoms with van der Waals surface area (Å²) in [6, 6.07) is 5.08. The topological polar surface area (TPSA) is 105 Å². The van der Waals surface area contributed by atoms with E-state index in [2.05, 4.69) is 25.4 Å². The first kappa shape index (κ1) is 16.8. The van der Waals surface area contributed by atoms with Crippen LogP contribution in [0.5, 0.6) is 0 Å². The molecule has 3 aromatic heterocycles. The van der Waals surface area contributed by atoms with Crippen LogP contribution in [0.4, 0.5) is 0 Å². The molecule has 3 heterocycles. The van der Waals surface area contributed by atoms with Crippen LogP contribution in [0.2, 0.25) is 0 Å². The van der Waals surface area contributed by atoms with Crippen LogP contribution in [-0.2, 0) is 11.2 Å². The molecule has 0 fully saturated rings. The van der Waals surface area contributed by atoms with Gasteiger partial charge in [-0.05, 0) is 31.9 Å². The number of fused-ring (bicyclic) bond motifs is 1. The maximum Gasteiger partial charge on any atom is 0.274 e. The first-order chi connectivity index (χ1) is 12.0. The summed E-state index contributed by atoms with van der Waals surface area (Å²) >= 11 is 0. The van der Waals surface area contributed by atoms with Crippen molar-refractivity contribution in [2.75, 3.05) is 0 Å². The molecule has 0 radical (unpaired) electrons. The van der Waals surface area contributed by atoms with Crippen LogP contribution in [-0.4, -0.2) is 30.5 Å². The summed E-state index contributed by atoms with van der Waals surface area (Å²) in [5, 5.41) is 5.79. The second kappa shape index (κ2) is 6.84. The fourth-order valence-electron chi connectivity index (χ4n) is 2.74. The van der Waals surface area contributed by atoms with Gasteiger partial charge in [0.25, 0.3) is 11.3 Å². The van der Waals surface area contributed by atoms with E-state index in [1.165, 1.54) is 10.6 Å². The predicted molar refractivity (Wildman–Crippen MR) is 92.2 cm³/mol. The normalized spacial score (nSPS) is 12.3. The molecule has 8 heteroatoms. The molecule has 0 saturated carbocycles. The molecule has 0 aliphatic heterocycles. The van der Waals surface area contributed by atoms with Gasteiger partial charge in [0.15, 0.2) is 0 Å². The molecule has 130 valence electrons. The van der Waals surface area contributed by atoms with E-state index in [1.54, 1.807) is 13.1 Å². The van der Waals surface area contributed by atoms with Crippen molar-refractivity contribution >= 4 is 11.7 Å². The van der Waals surface area contributed by atoms with Crippen LogP contribution < -0.4 is 10.9 Å². The van der Waals surface area contributed by atoms with E-state index in [0.717, 1.165) is 17.7 Å². The second-order valence-corrected chi connectivity index (χ2v) is 5.95. The van der Waals surface area contributed by atoms with Gasteiger partial charge in [-0.25, -0.2) is 4.98 Å². The van der Waals surface area contributed by atoms with Crippen molar-refractivity contribution in [1.82, 2.24) is 29.9 Å². The van der Waals surface area contributed by atoms with Crippen LogP contribution in [0.1, 0.15) is 42.2 Å². The maximum absolute atomic E-state index is 12.4. The minimum absolute atomic E-state index is 0.0320. The van der Waals surface area contributed by atoms with Gasteiger partial charge in [0.1, 0.15) is 5.82 Å². The van der Waals surface area contributed by atoms with Crippen LogP contribution in [0.25, 0.3) is 5.78 Å². The Labute approximate surface area is 144 Å². The summed E-state index contributed by atoms with van der Waals surface area (Å²) in [5.74, 6) is 0.460. The number of hydrogen-bond acceptors (Lipinski definition) is 5. The monoisotopic (exact) mass is 340 g/mol. The zero-order chi connectivity index (χ0) is 18.0. The van der Waals surface area contributed by atoms with E-state index in [0.29, 0.717) is 11.5 Å². The molecule has 0 aromatic carbocycles. The van der Waals surface area contributed by atoms with Crippen molar-refractivity contribution in [3.8, 4) is 0 Å². The van der Waals surface area contributed by atoms with Crippen molar-refractivity contribution in [3.05, 3.63) is 57.5 Å². The number of aromatic amines is 1. The fourth-order valence-corrected chi connectivity index (χ4v) is 2.74. The Kier molecular flexibility index (Phi) is 4.60. The molecule has 0 unspecified atom stereocenters. The summed E-state index contributed by atoms with van der Waals surface area (Å²) in [4.78, 5) is 37.0. The molecule has 0 aliphatic carbocycles. The summed E-state index contributed by atoms with van der Waals surface area (Å²) in [7, 11) is 0. The summed E-state index contributed by atoms with van der Waals surface area (Å²) in [6.07, 6.45) is 2.48. The highest BCUT2D eigenvalue weighted by Gasteiger charge is 2.17. The Morgan fingerprint density at radius 2 is 2.16 bits per heavy atom. The Morgan fingerprint density at radius 1 is 1.36 bits per heavy atom. The molecule has 25 heavy (non-hydrogen) atoms. The zero-order valence-corrected chi connectivity index (χ0v) is 14.4. The molecule has 1 atom stereocenters. The standard InChI is InChI=1S/C17H20N6O2/c1-4-12(16-10(2)6-5-7-18-16)20-14(24)9-13-21-17-19-11(3)8-15(25)23(17)22-13/h5-8,12H,4,9H2,1-3H3,(H,20,24)(H,19,21,22)/t12-/m1/s1. The van der Waals surface area contributed by atoms with Gasteiger partial charge in [0.05, 0.1) is 18.2 Å². The molecule has 1 amide bonds. The Bertz CT molecular complexity index is 975. The molecule has 3 rings (SSSR count). The number of carbonyl (C=O) groups is 1. The molecular weight excluding hydrogens is 320 g/mol. The largest absolute Gasteiger partial charge is 0.347 e. The molecular formula is C17H20N6O2. The lowest BCUT2D eigenvalue weighted by Gasteiger charge is -2.17. The van der Waals surface area contributed by atoms with Gasteiger partial charge in [0, 0.05) is 18.0 Å². The Morgan fingerprint density at radius 3 is 2.88 bits per heavy atom. The van der Waals surface area contributed by atoms with E-state index in [4.69, 9.17) is 0 Å². The molecule has 0 saturated heterocycles. The number of nitrogens with zero attached hydrogens (tertiary/aromatic N) is 4. The fraction of sp³-hybridized carbons (Fsp3) is 0.353. The maximum atomic E-state index is 12.4. The van der Waals surface area contributed by atoms with Gasteiger partial charge >= 0.3 is 0 Å². The van der Waals surface area contributed by atoms with Crippen LogP contribution in [0.15, 0.2) is 29.2 Å². The van der Waals surface area contributed by atoms with Gasteiger partial charge in [-0.1, -0.05) is 13.0 Å². The third kappa shape index (κ3) is 3.57. The Hall–Kier alpha value is -3.03. The number of nitrogens with one attached hydrogen (secondary N) is 2. The lowest BCUT2D eigenvalue weighted by atomic mass is 10.1. The smallest absolute Gasteiger partial charge is 0.274 e. The molecule has 0 spiro atoms. The van der Waals surface area contributed by atoms with Gasteiger partial charge in [-0.15, -0.1) is 0 Å². The van der Waals surface area contributed by atoms with Crippen molar-refractivity contribution < 1.29 is 4.79 Å². The van der Waals surface area contributed by atoms with E-state index < -0.39 is 0 Å². The number of hydrogen-bond donors (Lipinski definition) is 2. The Balaban J connectivity index is 1.77. The van der Waals surface area contributed by atoms with Gasteiger partial charge in [-0.2, -0.15) is 9.50 Å². The highest BCUT2D eigenvalue weighted by Crippen LogP contribution is 2.17. The van der Waals surface area contributed by atoms with E-state index in [9.17, 15) is 9.59 Å². The summed E-state index contributed by atoms with van der Waals surface area (Å²) < 4.78 is 1.23. The summed E-state index contributed by atoms with van der Waals surface area (Å²) in [5.41, 5.74) is 2.22. The molecule has 0 aliphatic rings. The molecule has 0 bridgehead atoms. The first-order valence-electron chi connectivity index (χ1n) is 8.14. The quantitative estimate of drug-likeness (QED) is 0.727. The average molecular weight is 340 g/mol. The van der Waals surface area contributed by atoms with Crippen molar-refractivity contribution in [2.45, 2.75) is 39.7 Å². The minimum Gasteiger partial charge on any atom is -0.347 e. The highest BCUT2D eigenvalue weighted by molar-refractivity contribution is 5.78. The third-order valence-corrected chi connectivity index (χ3v) is 3.96.